The molecule has 0 spiro atoms. The Morgan fingerprint density at radius 3 is 2.32 bits per heavy atom. The zero-order valence-electron chi connectivity index (χ0n) is 12.2. The van der Waals surface area contributed by atoms with Crippen LogP contribution < -0.4 is 10.6 Å². The molecule has 0 aromatic heterocycles. The van der Waals surface area contributed by atoms with Gasteiger partial charge in [0.1, 0.15) is 0 Å². The van der Waals surface area contributed by atoms with Crippen molar-refractivity contribution in [3.63, 3.8) is 0 Å². The Hall–Kier alpha value is -1.26. The molecule has 0 aromatic rings. The third-order valence-corrected chi connectivity index (χ3v) is 3.93. The molecule has 0 bridgehead atoms. The molecule has 1 aliphatic rings. The van der Waals surface area contributed by atoms with Crippen molar-refractivity contribution in [2.75, 3.05) is 6.54 Å². The Balaban J connectivity index is 2.47. The van der Waals surface area contributed by atoms with E-state index in [2.05, 4.69) is 17.6 Å². The maximum absolute atomic E-state index is 11.8. The number of carbonyl (C=O) groups is 2. The highest BCUT2D eigenvalue weighted by Crippen LogP contribution is 2.37. The number of urea groups is 1. The number of carboxylic acid groups (broad SMARTS) is 1. The molecule has 1 rings (SSSR count). The first-order valence-corrected chi connectivity index (χ1v) is 7.11. The van der Waals surface area contributed by atoms with E-state index in [0.717, 1.165) is 25.7 Å². The second-order valence-electron chi connectivity index (χ2n) is 6.23. The van der Waals surface area contributed by atoms with Crippen LogP contribution in [0.15, 0.2) is 0 Å². The first-order chi connectivity index (χ1) is 8.81. The van der Waals surface area contributed by atoms with Gasteiger partial charge in [-0.1, -0.05) is 26.2 Å². The summed E-state index contributed by atoms with van der Waals surface area (Å²) >= 11 is 0. The fourth-order valence-electron chi connectivity index (χ4n) is 2.81. The van der Waals surface area contributed by atoms with E-state index < -0.39 is 11.4 Å². The molecule has 0 unspecified atom stereocenters. The van der Waals surface area contributed by atoms with Crippen molar-refractivity contribution in [1.29, 1.82) is 0 Å². The normalized spacial score (nSPS) is 18.1. The van der Waals surface area contributed by atoms with Crippen molar-refractivity contribution in [1.82, 2.24) is 10.6 Å². The van der Waals surface area contributed by atoms with Gasteiger partial charge in [0, 0.05) is 12.1 Å². The molecule has 1 saturated carbocycles. The first-order valence-electron chi connectivity index (χ1n) is 7.11. The van der Waals surface area contributed by atoms with Crippen LogP contribution in [-0.4, -0.2) is 29.2 Å². The standard InChI is InChI=1S/C14H26N2O3/c1-4-7-13(2,3)16-12(19)15-10-14(11(17)18)8-5-6-9-14/h4-10H2,1-3H3,(H,17,18)(H2,15,16,19). The SMILES string of the molecule is CCCC(C)(C)NC(=O)NCC1(C(=O)O)CCCC1. The molecule has 0 saturated heterocycles. The van der Waals surface area contributed by atoms with E-state index in [0.29, 0.717) is 12.8 Å². The van der Waals surface area contributed by atoms with Crippen LogP contribution in [0.3, 0.4) is 0 Å². The van der Waals surface area contributed by atoms with E-state index in [4.69, 9.17) is 0 Å². The maximum atomic E-state index is 11.8. The molecule has 2 amide bonds. The van der Waals surface area contributed by atoms with Crippen molar-refractivity contribution in [2.45, 2.75) is 64.8 Å². The van der Waals surface area contributed by atoms with Gasteiger partial charge in [0.15, 0.2) is 0 Å². The molecule has 0 aliphatic heterocycles. The molecule has 19 heavy (non-hydrogen) atoms. The summed E-state index contributed by atoms with van der Waals surface area (Å²) in [5.41, 5.74) is -1.02. The number of carboxylic acids is 1. The molecule has 0 atom stereocenters. The second-order valence-corrected chi connectivity index (χ2v) is 6.23. The Morgan fingerprint density at radius 1 is 1.26 bits per heavy atom. The van der Waals surface area contributed by atoms with Crippen LogP contribution in [-0.2, 0) is 4.79 Å². The van der Waals surface area contributed by atoms with Crippen molar-refractivity contribution in [2.24, 2.45) is 5.41 Å². The van der Waals surface area contributed by atoms with E-state index in [1.807, 2.05) is 13.8 Å². The number of rotatable bonds is 6. The molecular formula is C14H26N2O3. The predicted octanol–water partition coefficient (Wildman–Crippen LogP) is 2.51. The Labute approximate surface area is 115 Å². The number of hydrogen-bond acceptors (Lipinski definition) is 2. The second kappa shape index (κ2) is 6.26. The summed E-state index contributed by atoms with van der Waals surface area (Å²) in [6.45, 7) is 6.23. The van der Waals surface area contributed by atoms with Gasteiger partial charge >= 0.3 is 12.0 Å². The third kappa shape index (κ3) is 4.40. The summed E-state index contributed by atoms with van der Waals surface area (Å²) in [5.74, 6) is -0.793. The molecule has 1 fully saturated rings. The van der Waals surface area contributed by atoms with Crippen LogP contribution in [0, 0.1) is 5.41 Å². The van der Waals surface area contributed by atoms with Gasteiger partial charge in [0.05, 0.1) is 5.41 Å². The summed E-state index contributed by atoms with van der Waals surface area (Å²) in [6.07, 6.45) is 5.05. The Morgan fingerprint density at radius 2 is 1.84 bits per heavy atom. The molecule has 5 nitrogen and oxygen atoms in total. The lowest BCUT2D eigenvalue weighted by Crippen LogP contribution is -2.51. The number of nitrogens with one attached hydrogen (secondary N) is 2. The van der Waals surface area contributed by atoms with Crippen LogP contribution >= 0.6 is 0 Å². The third-order valence-electron chi connectivity index (χ3n) is 3.93. The van der Waals surface area contributed by atoms with Gasteiger partial charge in [0.2, 0.25) is 0 Å². The molecule has 0 radical (unpaired) electrons. The molecule has 0 heterocycles. The van der Waals surface area contributed by atoms with Gasteiger partial charge in [-0.2, -0.15) is 0 Å². The van der Waals surface area contributed by atoms with Crippen LogP contribution in [0.4, 0.5) is 4.79 Å². The van der Waals surface area contributed by atoms with E-state index in [-0.39, 0.29) is 18.1 Å². The monoisotopic (exact) mass is 270 g/mol. The highest BCUT2D eigenvalue weighted by molar-refractivity contribution is 5.78. The molecule has 3 N–H and O–H groups in total. The number of aliphatic carboxylic acids is 1. The summed E-state index contributed by atoms with van der Waals surface area (Å²) in [6, 6.07) is -0.272. The quantitative estimate of drug-likeness (QED) is 0.694. The lowest BCUT2D eigenvalue weighted by Gasteiger charge is -2.28. The molecule has 1 aliphatic carbocycles. The predicted molar refractivity (Wildman–Crippen MR) is 74.1 cm³/mol. The molecular weight excluding hydrogens is 244 g/mol. The minimum atomic E-state index is -0.793. The fourth-order valence-corrected chi connectivity index (χ4v) is 2.81. The van der Waals surface area contributed by atoms with Gasteiger partial charge in [-0.3, -0.25) is 4.79 Å². The van der Waals surface area contributed by atoms with Crippen molar-refractivity contribution >= 4 is 12.0 Å². The average Bonchev–Trinajstić information content (AvgIpc) is 2.75. The van der Waals surface area contributed by atoms with Crippen LogP contribution in [0.25, 0.3) is 0 Å². The topological polar surface area (TPSA) is 78.4 Å². The van der Waals surface area contributed by atoms with E-state index in [1.165, 1.54) is 0 Å². The Bertz CT molecular complexity index is 334. The van der Waals surface area contributed by atoms with Gasteiger partial charge in [-0.25, -0.2) is 4.79 Å². The zero-order chi connectivity index (χ0) is 14.5. The molecule has 5 heteroatoms. The number of carbonyl (C=O) groups excluding carboxylic acids is 1. The molecule has 0 aromatic carbocycles. The van der Waals surface area contributed by atoms with Gasteiger partial charge in [-0.15, -0.1) is 0 Å². The van der Waals surface area contributed by atoms with E-state index in [9.17, 15) is 14.7 Å². The minimum Gasteiger partial charge on any atom is -0.481 e. The van der Waals surface area contributed by atoms with E-state index >= 15 is 0 Å². The number of amides is 2. The van der Waals surface area contributed by atoms with Gasteiger partial charge < -0.3 is 15.7 Å². The highest BCUT2D eigenvalue weighted by Gasteiger charge is 2.41. The highest BCUT2D eigenvalue weighted by atomic mass is 16.4. The van der Waals surface area contributed by atoms with E-state index in [1.54, 1.807) is 0 Å². The average molecular weight is 270 g/mol. The fraction of sp³-hybridized carbons (Fsp3) is 0.857. The summed E-state index contributed by atoms with van der Waals surface area (Å²) in [7, 11) is 0. The maximum Gasteiger partial charge on any atom is 0.315 e. The van der Waals surface area contributed by atoms with Crippen LogP contribution in [0.5, 0.6) is 0 Å². The number of hydrogen-bond donors (Lipinski definition) is 3. The smallest absolute Gasteiger partial charge is 0.315 e. The summed E-state index contributed by atoms with van der Waals surface area (Å²) < 4.78 is 0. The minimum absolute atomic E-state index is 0.219. The van der Waals surface area contributed by atoms with Gasteiger partial charge in [-0.05, 0) is 33.1 Å². The molecule has 110 valence electrons. The van der Waals surface area contributed by atoms with Gasteiger partial charge in [0.25, 0.3) is 0 Å². The lowest BCUT2D eigenvalue weighted by atomic mass is 9.86. The van der Waals surface area contributed by atoms with Crippen LogP contribution in [0.2, 0.25) is 0 Å². The van der Waals surface area contributed by atoms with Crippen molar-refractivity contribution in [3.05, 3.63) is 0 Å². The Kier molecular flexibility index (Phi) is 5.20. The zero-order valence-corrected chi connectivity index (χ0v) is 12.2. The van der Waals surface area contributed by atoms with Crippen molar-refractivity contribution < 1.29 is 14.7 Å². The summed E-state index contributed by atoms with van der Waals surface area (Å²) in [5, 5.41) is 14.9. The van der Waals surface area contributed by atoms with Crippen LogP contribution in [0.1, 0.15) is 59.3 Å². The lowest BCUT2D eigenvalue weighted by molar-refractivity contribution is -0.148. The first kappa shape index (κ1) is 15.8. The van der Waals surface area contributed by atoms with Crippen molar-refractivity contribution in [3.8, 4) is 0 Å². The summed E-state index contributed by atoms with van der Waals surface area (Å²) in [4.78, 5) is 23.2. The largest absolute Gasteiger partial charge is 0.481 e.